The van der Waals surface area contributed by atoms with Crippen molar-refractivity contribution in [1.29, 1.82) is 0 Å². The van der Waals surface area contributed by atoms with Crippen LogP contribution < -0.4 is 5.32 Å². The van der Waals surface area contributed by atoms with E-state index in [2.05, 4.69) is 12.2 Å². The molecule has 0 spiro atoms. The zero-order valence-corrected chi connectivity index (χ0v) is 8.04. The molecule has 0 radical (unpaired) electrons. The van der Waals surface area contributed by atoms with E-state index in [4.69, 9.17) is 9.52 Å². The van der Waals surface area contributed by atoms with Crippen molar-refractivity contribution in [3.63, 3.8) is 0 Å². The lowest BCUT2D eigenvalue weighted by molar-refractivity contribution is 0.0663. The maximum absolute atomic E-state index is 10.5. The second-order valence-electron chi connectivity index (χ2n) is 4.01. The van der Waals surface area contributed by atoms with E-state index in [9.17, 15) is 4.79 Å². The van der Waals surface area contributed by atoms with Crippen LogP contribution in [0.2, 0.25) is 0 Å². The fraction of sp³-hybridized carbons (Fsp3) is 0.500. The van der Waals surface area contributed by atoms with Gasteiger partial charge in [0.2, 0.25) is 5.76 Å². The Kier molecular flexibility index (Phi) is 1.98. The maximum atomic E-state index is 10.5. The summed E-state index contributed by atoms with van der Waals surface area (Å²) in [4.78, 5) is 10.5. The molecular formula is C10H13NO3. The molecule has 1 aliphatic rings. The highest BCUT2D eigenvalue weighted by atomic mass is 16.4. The predicted molar refractivity (Wildman–Crippen MR) is 51.5 cm³/mol. The zero-order chi connectivity index (χ0) is 10.2. The first-order chi connectivity index (χ1) is 6.59. The molecule has 0 aliphatic heterocycles. The zero-order valence-electron chi connectivity index (χ0n) is 8.04. The summed E-state index contributed by atoms with van der Waals surface area (Å²) in [5.74, 6) is -0.503. The number of aromatic carboxylic acids is 1. The Labute approximate surface area is 81.9 Å². The smallest absolute Gasteiger partial charge is 0.371 e. The summed E-state index contributed by atoms with van der Waals surface area (Å²) in [6, 6.07) is 3.12. The number of furan rings is 1. The number of nitrogens with one attached hydrogen (secondary N) is 1. The molecule has 0 atom stereocenters. The van der Waals surface area contributed by atoms with Gasteiger partial charge in [-0.25, -0.2) is 4.79 Å². The van der Waals surface area contributed by atoms with Crippen molar-refractivity contribution in [2.24, 2.45) is 0 Å². The number of carboxylic acids is 1. The number of carboxylic acid groups (broad SMARTS) is 1. The van der Waals surface area contributed by atoms with E-state index in [1.54, 1.807) is 6.07 Å². The number of hydrogen-bond acceptors (Lipinski definition) is 3. The summed E-state index contributed by atoms with van der Waals surface area (Å²) in [5, 5.41) is 11.8. The third-order valence-electron chi connectivity index (χ3n) is 2.70. The van der Waals surface area contributed by atoms with Crippen LogP contribution in [0.15, 0.2) is 16.5 Å². The molecule has 14 heavy (non-hydrogen) atoms. The molecule has 1 aromatic rings. The number of rotatable bonds is 3. The fourth-order valence-corrected chi connectivity index (χ4v) is 1.65. The molecule has 2 rings (SSSR count). The highest BCUT2D eigenvalue weighted by molar-refractivity contribution is 5.84. The van der Waals surface area contributed by atoms with Crippen molar-refractivity contribution in [3.8, 4) is 0 Å². The van der Waals surface area contributed by atoms with Crippen LogP contribution in [0.5, 0.6) is 0 Å². The van der Waals surface area contributed by atoms with Crippen molar-refractivity contribution < 1.29 is 14.3 Å². The Balaban J connectivity index is 2.06. The van der Waals surface area contributed by atoms with Crippen molar-refractivity contribution in [1.82, 2.24) is 0 Å². The first-order valence-electron chi connectivity index (χ1n) is 4.70. The molecule has 1 saturated carbocycles. The minimum Gasteiger partial charge on any atom is -0.475 e. The third kappa shape index (κ3) is 1.60. The van der Waals surface area contributed by atoms with Gasteiger partial charge in [-0.2, -0.15) is 0 Å². The summed E-state index contributed by atoms with van der Waals surface area (Å²) >= 11 is 0. The number of carbonyl (C=O) groups is 1. The highest BCUT2D eigenvalue weighted by Crippen LogP contribution is 2.34. The highest BCUT2D eigenvalue weighted by Gasteiger charge is 2.32. The lowest BCUT2D eigenvalue weighted by Crippen LogP contribution is -2.41. The standard InChI is InChI=1S/C10H13NO3/c1-10(5-2-6-10)11-8-4-3-7(14-8)9(12)13/h3-4,11H,2,5-6H2,1H3,(H,12,13). The van der Waals surface area contributed by atoms with E-state index in [0.717, 1.165) is 12.8 Å². The van der Waals surface area contributed by atoms with Crippen molar-refractivity contribution in [2.45, 2.75) is 31.7 Å². The minimum atomic E-state index is -1.03. The second-order valence-corrected chi connectivity index (χ2v) is 4.01. The molecule has 0 bridgehead atoms. The molecule has 0 saturated heterocycles. The van der Waals surface area contributed by atoms with Crippen molar-refractivity contribution in [3.05, 3.63) is 17.9 Å². The van der Waals surface area contributed by atoms with E-state index in [1.165, 1.54) is 12.5 Å². The van der Waals surface area contributed by atoms with Crippen LogP contribution in [0.3, 0.4) is 0 Å². The van der Waals surface area contributed by atoms with E-state index in [-0.39, 0.29) is 11.3 Å². The number of anilines is 1. The molecule has 4 nitrogen and oxygen atoms in total. The predicted octanol–water partition coefficient (Wildman–Crippen LogP) is 2.33. The Morgan fingerprint density at radius 3 is 2.71 bits per heavy atom. The van der Waals surface area contributed by atoms with Gasteiger partial charge >= 0.3 is 5.97 Å². The van der Waals surface area contributed by atoms with Gasteiger partial charge in [0.1, 0.15) is 0 Å². The van der Waals surface area contributed by atoms with Crippen LogP contribution in [-0.4, -0.2) is 16.6 Å². The Morgan fingerprint density at radius 1 is 1.57 bits per heavy atom. The third-order valence-corrected chi connectivity index (χ3v) is 2.70. The summed E-state index contributed by atoms with van der Waals surface area (Å²) in [6.07, 6.45) is 3.43. The van der Waals surface area contributed by atoms with E-state index < -0.39 is 5.97 Å². The minimum absolute atomic E-state index is 0.0181. The van der Waals surface area contributed by atoms with Crippen LogP contribution in [0.25, 0.3) is 0 Å². The van der Waals surface area contributed by atoms with Gasteiger partial charge in [0.25, 0.3) is 0 Å². The van der Waals surface area contributed by atoms with E-state index in [0.29, 0.717) is 5.88 Å². The molecule has 0 aromatic carbocycles. The van der Waals surface area contributed by atoms with Crippen LogP contribution in [0.1, 0.15) is 36.7 Å². The summed E-state index contributed by atoms with van der Waals surface area (Å²) in [7, 11) is 0. The van der Waals surface area contributed by atoms with Gasteiger partial charge < -0.3 is 14.8 Å². The molecule has 0 amide bonds. The lowest BCUT2D eigenvalue weighted by Gasteiger charge is -2.38. The quantitative estimate of drug-likeness (QED) is 0.777. The van der Waals surface area contributed by atoms with Gasteiger partial charge in [-0.1, -0.05) is 0 Å². The molecule has 4 heteroatoms. The summed E-state index contributed by atoms with van der Waals surface area (Å²) in [6.45, 7) is 2.11. The monoisotopic (exact) mass is 195 g/mol. The molecule has 2 N–H and O–H groups in total. The molecule has 1 fully saturated rings. The lowest BCUT2D eigenvalue weighted by atomic mass is 9.79. The first-order valence-corrected chi connectivity index (χ1v) is 4.70. The Hall–Kier alpha value is -1.45. The Bertz CT molecular complexity index is 352. The topological polar surface area (TPSA) is 62.5 Å². The van der Waals surface area contributed by atoms with Gasteiger partial charge in [-0.05, 0) is 32.3 Å². The molecule has 76 valence electrons. The van der Waals surface area contributed by atoms with Crippen LogP contribution in [-0.2, 0) is 0 Å². The SMILES string of the molecule is CC1(Nc2ccc(C(=O)O)o2)CCC1. The molecule has 0 unspecified atom stereocenters. The van der Waals surface area contributed by atoms with E-state index >= 15 is 0 Å². The average molecular weight is 195 g/mol. The summed E-state index contributed by atoms with van der Waals surface area (Å²) in [5.41, 5.74) is 0.0909. The molecule has 1 aliphatic carbocycles. The Morgan fingerprint density at radius 2 is 2.29 bits per heavy atom. The first kappa shape index (κ1) is 9.12. The normalized spacial score (nSPS) is 18.6. The van der Waals surface area contributed by atoms with Gasteiger partial charge in [0, 0.05) is 11.6 Å². The maximum Gasteiger partial charge on any atom is 0.371 e. The van der Waals surface area contributed by atoms with Gasteiger partial charge in [0.15, 0.2) is 5.88 Å². The van der Waals surface area contributed by atoms with Crippen LogP contribution >= 0.6 is 0 Å². The van der Waals surface area contributed by atoms with Crippen molar-refractivity contribution in [2.75, 3.05) is 5.32 Å². The molecule has 1 aromatic heterocycles. The van der Waals surface area contributed by atoms with Crippen molar-refractivity contribution >= 4 is 11.9 Å². The number of hydrogen-bond donors (Lipinski definition) is 2. The van der Waals surface area contributed by atoms with Gasteiger partial charge in [-0.3, -0.25) is 0 Å². The molecular weight excluding hydrogens is 182 g/mol. The van der Waals surface area contributed by atoms with Crippen LogP contribution in [0, 0.1) is 0 Å². The van der Waals surface area contributed by atoms with Crippen LogP contribution in [0.4, 0.5) is 5.88 Å². The average Bonchev–Trinajstić information content (AvgIpc) is 2.50. The summed E-state index contributed by atoms with van der Waals surface area (Å²) < 4.78 is 5.11. The largest absolute Gasteiger partial charge is 0.475 e. The van der Waals surface area contributed by atoms with E-state index in [1.807, 2.05) is 0 Å². The fourth-order valence-electron chi connectivity index (χ4n) is 1.65. The second kappa shape index (κ2) is 3.04. The molecule has 1 heterocycles. The van der Waals surface area contributed by atoms with Gasteiger partial charge in [-0.15, -0.1) is 0 Å². The van der Waals surface area contributed by atoms with Gasteiger partial charge in [0.05, 0.1) is 0 Å².